The van der Waals surface area contributed by atoms with Gasteiger partial charge in [-0.2, -0.15) is 0 Å². The summed E-state index contributed by atoms with van der Waals surface area (Å²) in [6.45, 7) is 1.40. The molecule has 1 saturated heterocycles. The first-order valence-electron chi connectivity index (χ1n) is 8.75. The lowest BCUT2D eigenvalue weighted by atomic mass is 9.94. The van der Waals surface area contributed by atoms with Crippen molar-refractivity contribution in [3.05, 3.63) is 60.7 Å². The van der Waals surface area contributed by atoms with Gasteiger partial charge >= 0.3 is 0 Å². The predicted octanol–water partition coefficient (Wildman–Crippen LogP) is 3.08. The lowest BCUT2D eigenvalue weighted by Crippen LogP contribution is -2.45. The smallest absolute Gasteiger partial charge is 0.0765 e. The van der Waals surface area contributed by atoms with Crippen LogP contribution in [-0.2, 0) is 0 Å². The molecule has 1 aliphatic rings. The van der Waals surface area contributed by atoms with Gasteiger partial charge in [-0.1, -0.05) is 48.5 Å². The van der Waals surface area contributed by atoms with Crippen LogP contribution in [0.15, 0.2) is 60.7 Å². The van der Waals surface area contributed by atoms with E-state index in [1.165, 1.54) is 0 Å². The largest absolute Gasteiger partial charge is 0.396 e. The molecule has 128 valence electrons. The molecular formula is C21H22N2O2. The molecule has 2 aromatic carbocycles. The summed E-state index contributed by atoms with van der Waals surface area (Å²) in [7, 11) is 0. The van der Waals surface area contributed by atoms with Crippen LogP contribution >= 0.6 is 0 Å². The molecule has 1 aromatic heterocycles. The van der Waals surface area contributed by atoms with E-state index < -0.39 is 6.10 Å². The van der Waals surface area contributed by atoms with Crippen LogP contribution in [0, 0.1) is 5.92 Å². The number of piperidine rings is 1. The standard InChI is InChI=1S/C21H22N2O2/c24-14-16-10-11-23(13-21(16)25)20-12-19(15-6-2-1-3-7-15)22-18-9-5-4-8-17(18)20/h1-9,12,16,21,24-25H,10-11,13-14H2/t16-,21-/m0/s1. The van der Waals surface area contributed by atoms with Gasteiger partial charge in [0.05, 0.1) is 17.3 Å². The summed E-state index contributed by atoms with van der Waals surface area (Å²) in [6, 6.07) is 20.4. The molecule has 1 fully saturated rings. The van der Waals surface area contributed by atoms with Crippen molar-refractivity contribution < 1.29 is 10.2 Å². The Morgan fingerprint density at radius 2 is 1.80 bits per heavy atom. The molecule has 0 radical (unpaired) electrons. The topological polar surface area (TPSA) is 56.6 Å². The Morgan fingerprint density at radius 1 is 1.04 bits per heavy atom. The number of benzene rings is 2. The lowest BCUT2D eigenvalue weighted by Gasteiger charge is -2.37. The molecule has 4 nitrogen and oxygen atoms in total. The van der Waals surface area contributed by atoms with E-state index in [9.17, 15) is 10.2 Å². The average Bonchev–Trinajstić information content (AvgIpc) is 2.67. The zero-order valence-electron chi connectivity index (χ0n) is 14.0. The van der Waals surface area contributed by atoms with Gasteiger partial charge < -0.3 is 15.1 Å². The number of β-amino-alcohol motifs (C(OH)–C–C–N with tert-alkyl or cyclic N) is 1. The summed E-state index contributed by atoms with van der Waals surface area (Å²) in [5.74, 6) is -0.0297. The van der Waals surface area contributed by atoms with Crippen molar-refractivity contribution in [1.29, 1.82) is 0 Å². The normalized spacial score (nSPS) is 20.8. The number of para-hydroxylation sites is 1. The van der Waals surface area contributed by atoms with Gasteiger partial charge in [0.15, 0.2) is 0 Å². The van der Waals surface area contributed by atoms with Gasteiger partial charge in [0, 0.05) is 42.3 Å². The van der Waals surface area contributed by atoms with Crippen molar-refractivity contribution in [2.45, 2.75) is 12.5 Å². The molecule has 25 heavy (non-hydrogen) atoms. The molecule has 0 saturated carbocycles. The van der Waals surface area contributed by atoms with E-state index in [1.54, 1.807) is 0 Å². The first kappa shape index (κ1) is 16.1. The summed E-state index contributed by atoms with van der Waals surface area (Å²) < 4.78 is 0. The first-order chi connectivity index (χ1) is 12.3. The van der Waals surface area contributed by atoms with Crippen LogP contribution < -0.4 is 4.90 Å². The highest BCUT2D eigenvalue weighted by Crippen LogP contribution is 2.33. The van der Waals surface area contributed by atoms with Crippen LogP contribution in [0.2, 0.25) is 0 Å². The Hall–Kier alpha value is -2.43. The number of rotatable bonds is 3. The van der Waals surface area contributed by atoms with E-state index in [0.717, 1.165) is 40.8 Å². The fourth-order valence-corrected chi connectivity index (χ4v) is 3.59. The van der Waals surface area contributed by atoms with Gasteiger partial charge in [-0.3, -0.25) is 0 Å². The van der Waals surface area contributed by atoms with E-state index in [-0.39, 0.29) is 12.5 Å². The Kier molecular flexibility index (Phi) is 4.38. The van der Waals surface area contributed by atoms with Crippen molar-refractivity contribution >= 4 is 16.6 Å². The number of pyridine rings is 1. The molecule has 4 heteroatoms. The number of aliphatic hydroxyl groups excluding tert-OH is 2. The minimum Gasteiger partial charge on any atom is -0.396 e. The Morgan fingerprint density at radius 3 is 2.56 bits per heavy atom. The third-order valence-corrected chi connectivity index (χ3v) is 5.06. The zero-order valence-corrected chi connectivity index (χ0v) is 14.0. The maximum Gasteiger partial charge on any atom is 0.0765 e. The molecule has 4 rings (SSSR count). The van der Waals surface area contributed by atoms with Gasteiger partial charge in [0.25, 0.3) is 0 Å². The molecule has 3 aromatic rings. The maximum absolute atomic E-state index is 10.3. The summed E-state index contributed by atoms with van der Waals surface area (Å²) in [4.78, 5) is 7.04. The van der Waals surface area contributed by atoms with Crippen LogP contribution in [0.25, 0.3) is 22.2 Å². The van der Waals surface area contributed by atoms with E-state index in [4.69, 9.17) is 4.98 Å². The molecule has 2 heterocycles. The molecule has 0 amide bonds. The van der Waals surface area contributed by atoms with E-state index in [2.05, 4.69) is 29.2 Å². The maximum atomic E-state index is 10.3. The number of aliphatic hydroxyl groups is 2. The molecular weight excluding hydrogens is 312 g/mol. The average molecular weight is 334 g/mol. The van der Waals surface area contributed by atoms with Crippen LogP contribution in [0.3, 0.4) is 0 Å². The molecule has 2 N–H and O–H groups in total. The van der Waals surface area contributed by atoms with Crippen LogP contribution in [0.4, 0.5) is 5.69 Å². The van der Waals surface area contributed by atoms with Crippen LogP contribution in [-0.4, -0.2) is 41.0 Å². The minimum atomic E-state index is -0.508. The lowest BCUT2D eigenvalue weighted by molar-refractivity contribution is 0.0549. The quantitative estimate of drug-likeness (QED) is 0.773. The number of hydrogen-bond acceptors (Lipinski definition) is 4. The fraction of sp³-hybridized carbons (Fsp3) is 0.286. The number of fused-ring (bicyclic) bond motifs is 1. The molecule has 2 atom stereocenters. The predicted molar refractivity (Wildman–Crippen MR) is 101 cm³/mol. The Bertz CT molecular complexity index is 866. The monoisotopic (exact) mass is 334 g/mol. The van der Waals surface area contributed by atoms with E-state index in [0.29, 0.717) is 6.54 Å². The second-order valence-corrected chi connectivity index (χ2v) is 6.65. The molecule has 0 spiro atoms. The van der Waals surface area contributed by atoms with Crippen LogP contribution in [0.5, 0.6) is 0 Å². The van der Waals surface area contributed by atoms with E-state index >= 15 is 0 Å². The highest BCUT2D eigenvalue weighted by atomic mass is 16.3. The fourth-order valence-electron chi connectivity index (χ4n) is 3.59. The summed E-state index contributed by atoms with van der Waals surface area (Å²) in [5, 5.41) is 20.8. The number of aromatic nitrogens is 1. The third kappa shape index (κ3) is 3.11. The van der Waals surface area contributed by atoms with Gasteiger partial charge in [0.1, 0.15) is 0 Å². The SMILES string of the molecule is OC[C@@H]1CCN(c2cc(-c3ccccc3)nc3ccccc23)C[C@@H]1O. The highest BCUT2D eigenvalue weighted by molar-refractivity contribution is 5.94. The van der Waals surface area contributed by atoms with Crippen molar-refractivity contribution in [1.82, 2.24) is 4.98 Å². The van der Waals surface area contributed by atoms with Crippen molar-refractivity contribution in [3.63, 3.8) is 0 Å². The molecule has 0 aliphatic carbocycles. The summed E-state index contributed by atoms with van der Waals surface area (Å²) >= 11 is 0. The second-order valence-electron chi connectivity index (χ2n) is 6.65. The summed E-state index contributed by atoms with van der Waals surface area (Å²) in [6.07, 6.45) is 0.278. The Balaban J connectivity index is 1.80. The second kappa shape index (κ2) is 6.82. The van der Waals surface area contributed by atoms with E-state index in [1.807, 2.05) is 36.4 Å². The van der Waals surface area contributed by atoms with Gasteiger partial charge in [-0.25, -0.2) is 4.98 Å². The van der Waals surface area contributed by atoms with Gasteiger partial charge in [-0.15, -0.1) is 0 Å². The highest BCUT2D eigenvalue weighted by Gasteiger charge is 2.28. The van der Waals surface area contributed by atoms with Crippen molar-refractivity contribution in [3.8, 4) is 11.3 Å². The van der Waals surface area contributed by atoms with Crippen molar-refractivity contribution in [2.24, 2.45) is 5.92 Å². The molecule has 0 unspecified atom stereocenters. The number of nitrogens with zero attached hydrogens (tertiary/aromatic N) is 2. The van der Waals surface area contributed by atoms with Crippen molar-refractivity contribution in [2.75, 3.05) is 24.6 Å². The first-order valence-corrected chi connectivity index (χ1v) is 8.75. The van der Waals surface area contributed by atoms with Crippen LogP contribution in [0.1, 0.15) is 6.42 Å². The Labute approximate surface area is 147 Å². The third-order valence-electron chi connectivity index (χ3n) is 5.06. The molecule has 1 aliphatic heterocycles. The summed E-state index contributed by atoms with van der Waals surface area (Å²) in [5.41, 5.74) is 4.07. The zero-order chi connectivity index (χ0) is 17.2. The number of anilines is 1. The number of hydrogen-bond donors (Lipinski definition) is 2. The van der Waals surface area contributed by atoms with Gasteiger partial charge in [0.2, 0.25) is 0 Å². The molecule has 0 bridgehead atoms. The minimum absolute atomic E-state index is 0.0297. The van der Waals surface area contributed by atoms with Gasteiger partial charge in [-0.05, 0) is 18.6 Å².